The third kappa shape index (κ3) is 11.1. The average Bonchev–Trinajstić information content (AvgIpc) is 2.84. The first-order valence-electron chi connectivity index (χ1n) is 12.7. The molecular weight excluding hydrogens is 514 g/mol. The quantitative estimate of drug-likeness (QED) is 0.210. The number of nitrogens with zero attached hydrogens (tertiary/aromatic N) is 1. The number of hydrogen-bond donors (Lipinski definition) is 0. The van der Waals surface area contributed by atoms with Gasteiger partial charge in [-0.3, -0.25) is 0 Å². The van der Waals surface area contributed by atoms with Crippen molar-refractivity contribution in [3.05, 3.63) is 89.4 Å². The molecule has 0 radical (unpaired) electrons. The van der Waals surface area contributed by atoms with Gasteiger partial charge in [-0.25, -0.2) is 0 Å². The standard InChI is InChI=1S/C24H27BrO2Si.C6H15N/c1-24(2,3)18-23(26-20-12-10-11-19(25)17-20)27-28(21-13-6-4-7-14-21)22-15-8-5-9-16-22;1-4-7(5-2)6-3/h4-17,23,28H,18H2,1-3H3;4-6H2,1-3H3. The van der Waals surface area contributed by atoms with E-state index in [-0.39, 0.29) is 11.7 Å². The summed E-state index contributed by atoms with van der Waals surface area (Å²) in [6.45, 7) is 16.8. The molecule has 0 saturated carbocycles. The molecule has 190 valence electrons. The highest BCUT2D eigenvalue weighted by Gasteiger charge is 2.27. The Bertz CT molecular complexity index is 914. The second-order valence-corrected chi connectivity index (χ2v) is 13.0. The second kappa shape index (κ2) is 15.2. The van der Waals surface area contributed by atoms with Gasteiger partial charge in [-0.15, -0.1) is 0 Å². The summed E-state index contributed by atoms with van der Waals surface area (Å²) in [6.07, 6.45) is 0.495. The summed E-state index contributed by atoms with van der Waals surface area (Å²) in [5.41, 5.74) is 0.0863. The van der Waals surface area contributed by atoms with Crippen molar-refractivity contribution in [1.82, 2.24) is 4.90 Å². The van der Waals surface area contributed by atoms with Crippen molar-refractivity contribution >= 4 is 35.3 Å². The summed E-state index contributed by atoms with van der Waals surface area (Å²) in [5, 5.41) is 2.51. The van der Waals surface area contributed by atoms with Crippen molar-refractivity contribution in [2.24, 2.45) is 5.41 Å². The molecule has 35 heavy (non-hydrogen) atoms. The van der Waals surface area contributed by atoms with Crippen LogP contribution >= 0.6 is 15.9 Å². The largest absolute Gasteiger partial charge is 0.466 e. The van der Waals surface area contributed by atoms with E-state index < -0.39 is 9.04 Å². The monoisotopic (exact) mass is 555 g/mol. The Morgan fingerprint density at radius 2 is 1.29 bits per heavy atom. The zero-order chi connectivity index (χ0) is 25.7. The van der Waals surface area contributed by atoms with Gasteiger partial charge in [0.15, 0.2) is 6.29 Å². The molecule has 1 unspecified atom stereocenters. The van der Waals surface area contributed by atoms with Crippen LogP contribution in [0.4, 0.5) is 0 Å². The second-order valence-electron chi connectivity index (χ2n) is 9.73. The molecule has 3 nitrogen and oxygen atoms in total. The van der Waals surface area contributed by atoms with Gasteiger partial charge in [0.2, 0.25) is 9.04 Å². The molecule has 1 atom stereocenters. The first kappa shape index (κ1) is 29.3. The van der Waals surface area contributed by atoms with Gasteiger partial charge >= 0.3 is 0 Å². The molecule has 0 aliphatic heterocycles. The molecule has 0 bridgehead atoms. The molecule has 5 heteroatoms. The third-order valence-corrected chi connectivity index (χ3v) is 8.73. The van der Waals surface area contributed by atoms with Crippen LogP contribution in [-0.2, 0) is 4.43 Å². The van der Waals surface area contributed by atoms with Gasteiger partial charge in [-0.05, 0) is 53.6 Å². The van der Waals surface area contributed by atoms with E-state index in [2.05, 4.69) is 111 Å². The zero-order valence-electron chi connectivity index (χ0n) is 22.2. The number of hydrogen-bond acceptors (Lipinski definition) is 3. The average molecular weight is 557 g/mol. The van der Waals surface area contributed by atoms with Gasteiger partial charge in [0, 0.05) is 10.9 Å². The van der Waals surface area contributed by atoms with Gasteiger partial charge in [-0.2, -0.15) is 0 Å². The Morgan fingerprint density at radius 3 is 1.69 bits per heavy atom. The molecule has 0 fully saturated rings. The first-order valence-corrected chi connectivity index (χ1v) is 15.1. The zero-order valence-corrected chi connectivity index (χ0v) is 24.9. The maximum absolute atomic E-state index is 6.74. The van der Waals surface area contributed by atoms with E-state index in [9.17, 15) is 0 Å². The van der Waals surface area contributed by atoms with Crippen molar-refractivity contribution < 1.29 is 9.16 Å². The fourth-order valence-corrected chi connectivity index (χ4v) is 6.41. The van der Waals surface area contributed by atoms with E-state index in [4.69, 9.17) is 9.16 Å². The van der Waals surface area contributed by atoms with Crippen molar-refractivity contribution in [3.63, 3.8) is 0 Å². The Kier molecular flexibility index (Phi) is 12.8. The fraction of sp³-hybridized carbons (Fsp3) is 0.400. The molecule has 3 aromatic carbocycles. The minimum Gasteiger partial charge on any atom is -0.466 e. The van der Waals surface area contributed by atoms with Crippen LogP contribution in [0.15, 0.2) is 89.4 Å². The molecular formula is C30H42BrNO2Si. The molecule has 0 aromatic heterocycles. The van der Waals surface area contributed by atoms with Gasteiger partial charge in [-0.1, -0.05) is 124 Å². The highest BCUT2D eigenvalue weighted by molar-refractivity contribution is 9.10. The Labute approximate surface area is 223 Å². The molecule has 0 aliphatic carbocycles. The molecule has 0 spiro atoms. The summed E-state index contributed by atoms with van der Waals surface area (Å²) in [7, 11) is -1.89. The van der Waals surface area contributed by atoms with E-state index in [1.807, 2.05) is 36.4 Å². The van der Waals surface area contributed by atoms with Crippen molar-refractivity contribution in [2.45, 2.75) is 54.3 Å². The van der Waals surface area contributed by atoms with Crippen LogP contribution in [-0.4, -0.2) is 39.9 Å². The summed E-state index contributed by atoms with van der Waals surface area (Å²) < 4.78 is 14.1. The van der Waals surface area contributed by atoms with Crippen molar-refractivity contribution in [3.8, 4) is 5.75 Å². The predicted molar refractivity (Wildman–Crippen MR) is 156 cm³/mol. The van der Waals surface area contributed by atoms with Crippen LogP contribution in [0.2, 0.25) is 0 Å². The predicted octanol–water partition coefficient (Wildman–Crippen LogP) is 6.49. The maximum atomic E-state index is 6.74. The van der Waals surface area contributed by atoms with E-state index in [1.54, 1.807) is 0 Å². The lowest BCUT2D eigenvalue weighted by atomic mass is 9.92. The van der Waals surface area contributed by atoms with Crippen molar-refractivity contribution in [2.75, 3.05) is 19.6 Å². The highest BCUT2D eigenvalue weighted by atomic mass is 79.9. The molecule has 3 aromatic rings. The Hall–Kier alpha value is -1.92. The van der Waals surface area contributed by atoms with Crippen LogP contribution in [0.5, 0.6) is 5.75 Å². The highest BCUT2D eigenvalue weighted by Crippen LogP contribution is 2.26. The first-order chi connectivity index (χ1) is 16.8. The number of benzene rings is 3. The Balaban J connectivity index is 0.000000540. The van der Waals surface area contributed by atoms with Crippen LogP contribution in [0.3, 0.4) is 0 Å². The SMILES string of the molecule is CC(C)(C)CC(Oc1cccc(Br)c1)O[SiH](c1ccccc1)c1ccccc1.CCN(CC)CC. The maximum Gasteiger partial charge on any atom is 0.244 e. The van der Waals surface area contributed by atoms with E-state index in [0.717, 1.165) is 16.6 Å². The summed E-state index contributed by atoms with van der Waals surface area (Å²) in [5.74, 6) is 0.817. The topological polar surface area (TPSA) is 21.7 Å². The van der Waals surface area contributed by atoms with Gasteiger partial charge in [0.05, 0.1) is 0 Å². The van der Waals surface area contributed by atoms with E-state index >= 15 is 0 Å². The number of rotatable bonds is 10. The van der Waals surface area contributed by atoms with Crippen LogP contribution < -0.4 is 15.1 Å². The number of halogens is 1. The molecule has 0 aliphatic rings. The molecule has 0 amide bonds. The lowest BCUT2D eigenvalue weighted by Crippen LogP contribution is -2.49. The minimum atomic E-state index is -1.89. The normalized spacial score (nSPS) is 12.3. The van der Waals surface area contributed by atoms with E-state index in [0.29, 0.717) is 0 Å². The summed E-state index contributed by atoms with van der Waals surface area (Å²) in [6, 6.07) is 29.0. The molecule has 0 N–H and O–H groups in total. The van der Waals surface area contributed by atoms with Crippen LogP contribution in [0.25, 0.3) is 0 Å². The molecule has 0 heterocycles. The summed E-state index contributed by atoms with van der Waals surface area (Å²) in [4.78, 5) is 2.38. The fourth-order valence-electron chi connectivity index (χ4n) is 3.74. The van der Waals surface area contributed by atoms with Crippen LogP contribution in [0, 0.1) is 5.41 Å². The van der Waals surface area contributed by atoms with Gasteiger partial charge in [0.25, 0.3) is 0 Å². The minimum absolute atomic E-state index is 0.0863. The molecule has 3 rings (SSSR count). The van der Waals surface area contributed by atoms with Gasteiger partial charge in [0.1, 0.15) is 5.75 Å². The van der Waals surface area contributed by atoms with E-state index in [1.165, 1.54) is 30.0 Å². The summed E-state index contributed by atoms with van der Waals surface area (Å²) >= 11 is 3.53. The Morgan fingerprint density at radius 1 is 0.771 bits per heavy atom. The smallest absolute Gasteiger partial charge is 0.244 e. The third-order valence-electron chi connectivity index (χ3n) is 5.68. The lowest BCUT2D eigenvalue weighted by Gasteiger charge is -2.30. The van der Waals surface area contributed by atoms with Crippen LogP contribution in [0.1, 0.15) is 48.0 Å². The number of ether oxygens (including phenoxy) is 1. The lowest BCUT2D eigenvalue weighted by molar-refractivity contribution is -0.0228. The van der Waals surface area contributed by atoms with Crippen molar-refractivity contribution in [1.29, 1.82) is 0 Å². The molecule has 0 saturated heterocycles. The van der Waals surface area contributed by atoms with Gasteiger partial charge < -0.3 is 14.1 Å².